The summed E-state index contributed by atoms with van der Waals surface area (Å²) in [5.74, 6) is -2.80. The maximum Gasteiger partial charge on any atom is 0.344 e. The zero-order chi connectivity index (χ0) is 17.0. The SMILES string of the molecule is C[C@@H]1[C@@H](C)CCC[C@H]1NC(=O)COC(=O)c1c(F)cccc1F. The van der Waals surface area contributed by atoms with Gasteiger partial charge in [-0.1, -0.05) is 32.8 Å². The van der Waals surface area contributed by atoms with Gasteiger partial charge < -0.3 is 10.1 Å². The van der Waals surface area contributed by atoms with Crippen LogP contribution in [0, 0.1) is 23.5 Å². The van der Waals surface area contributed by atoms with E-state index >= 15 is 0 Å². The zero-order valence-electron chi connectivity index (χ0n) is 13.3. The van der Waals surface area contributed by atoms with Crippen molar-refractivity contribution >= 4 is 11.9 Å². The van der Waals surface area contributed by atoms with E-state index in [0.717, 1.165) is 37.5 Å². The maximum absolute atomic E-state index is 13.5. The second kappa shape index (κ2) is 7.53. The van der Waals surface area contributed by atoms with Gasteiger partial charge in [0.15, 0.2) is 6.61 Å². The fraction of sp³-hybridized carbons (Fsp3) is 0.529. The highest BCUT2D eigenvalue weighted by atomic mass is 19.1. The van der Waals surface area contributed by atoms with Crippen LogP contribution in [-0.4, -0.2) is 24.5 Å². The van der Waals surface area contributed by atoms with Gasteiger partial charge in [-0.2, -0.15) is 0 Å². The van der Waals surface area contributed by atoms with Crippen LogP contribution in [0.15, 0.2) is 18.2 Å². The van der Waals surface area contributed by atoms with Gasteiger partial charge in [0.2, 0.25) is 0 Å². The van der Waals surface area contributed by atoms with Crippen molar-refractivity contribution in [1.29, 1.82) is 0 Å². The summed E-state index contributed by atoms with van der Waals surface area (Å²) in [6, 6.07) is 3.12. The number of amides is 1. The lowest BCUT2D eigenvalue weighted by Gasteiger charge is -2.34. The summed E-state index contributed by atoms with van der Waals surface area (Å²) in [4.78, 5) is 23.6. The van der Waals surface area contributed by atoms with Gasteiger partial charge in [-0.3, -0.25) is 4.79 Å². The number of nitrogens with one attached hydrogen (secondary N) is 1. The molecule has 23 heavy (non-hydrogen) atoms. The summed E-state index contributed by atoms with van der Waals surface area (Å²) in [6.07, 6.45) is 3.05. The summed E-state index contributed by atoms with van der Waals surface area (Å²) >= 11 is 0. The Morgan fingerprint density at radius 2 is 1.87 bits per heavy atom. The summed E-state index contributed by atoms with van der Waals surface area (Å²) < 4.78 is 31.6. The molecule has 4 nitrogen and oxygen atoms in total. The predicted octanol–water partition coefficient (Wildman–Crippen LogP) is 3.06. The first-order valence-corrected chi connectivity index (χ1v) is 7.80. The molecule has 0 aliphatic heterocycles. The number of esters is 1. The van der Waals surface area contributed by atoms with Crippen LogP contribution in [0.5, 0.6) is 0 Å². The average Bonchev–Trinajstić information content (AvgIpc) is 2.49. The van der Waals surface area contributed by atoms with E-state index in [-0.39, 0.29) is 6.04 Å². The van der Waals surface area contributed by atoms with Crippen molar-refractivity contribution in [2.75, 3.05) is 6.61 Å². The molecule has 0 heterocycles. The number of carbonyl (C=O) groups excluding carboxylic acids is 2. The lowest BCUT2D eigenvalue weighted by molar-refractivity contribution is -0.125. The molecule has 1 aromatic rings. The highest BCUT2D eigenvalue weighted by Crippen LogP contribution is 2.29. The van der Waals surface area contributed by atoms with E-state index in [2.05, 4.69) is 19.2 Å². The van der Waals surface area contributed by atoms with Gasteiger partial charge in [-0.05, 0) is 30.4 Å². The lowest BCUT2D eigenvalue weighted by atomic mass is 9.78. The van der Waals surface area contributed by atoms with Crippen LogP contribution >= 0.6 is 0 Å². The molecule has 1 amide bonds. The fourth-order valence-electron chi connectivity index (χ4n) is 2.93. The average molecular weight is 325 g/mol. The first-order valence-electron chi connectivity index (χ1n) is 7.80. The second-order valence-corrected chi connectivity index (χ2v) is 6.11. The molecule has 3 atom stereocenters. The van der Waals surface area contributed by atoms with Gasteiger partial charge in [0.25, 0.3) is 5.91 Å². The number of ether oxygens (including phenoxy) is 1. The number of rotatable bonds is 4. The molecule has 1 aliphatic rings. The molecule has 126 valence electrons. The number of carbonyl (C=O) groups is 2. The topological polar surface area (TPSA) is 55.4 Å². The molecule has 0 spiro atoms. The van der Waals surface area contributed by atoms with Crippen molar-refractivity contribution in [2.45, 2.75) is 39.2 Å². The van der Waals surface area contributed by atoms with Gasteiger partial charge in [0.1, 0.15) is 17.2 Å². The molecule has 1 N–H and O–H groups in total. The van der Waals surface area contributed by atoms with Crippen molar-refractivity contribution in [3.8, 4) is 0 Å². The summed E-state index contributed by atoms with van der Waals surface area (Å²) in [5.41, 5.74) is -0.778. The Labute approximate surface area is 134 Å². The number of hydrogen-bond donors (Lipinski definition) is 1. The minimum Gasteiger partial charge on any atom is -0.452 e. The summed E-state index contributed by atoms with van der Waals surface area (Å²) in [5, 5.41) is 2.83. The number of halogens is 2. The molecule has 0 bridgehead atoms. The molecule has 2 rings (SSSR count). The third-order valence-corrected chi connectivity index (χ3v) is 4.55. The van der Waals surface area contributed by atoms with Crippen LogP contribution in [0.2, 0.25) is 0 Å². The van der Waals surface area contributed by atoms with Crippen molar-refractivity contribution < 1.29 is 23.1 Å². The Morgan fingerprint density at radius 3 is 2.52 bits per heavy atom. The zero-order valence-corrected chi connectivity index (χ0v) is 13.3. The minimum absolute atomic E-state index is 0.0372. The van der Waals surface area contributed by atoms with Crippen molar-refractivity contribution in [2.24, 2.45) is 11.8 Å². The molecule has 0 aromatic heterocycles. The van der Waals surface area contributed by atoms with Crippen molar-refractivity contribution in [1.82, 2.24) is 5.32 Å². The van der Waals surface area contributed by atoms with E-state index in [4.69, 9.17) is 4.74 Å². The monoisotopic (exact) mass is 325 g/mol. The fourth-order valence-corrected chi connectivity index (χ4v) is 2.93. The molecular formula is C17H21F2NO3. The Morgan fingerprint density at radius 1 is 1.22 bits per heavy atom. The highest BCUT2D eigenvalue weighted by molar-refractivity contribution is 5.91. The van der Waals surface area contributed by atoms with Gasteiger partial charge in [0.05, 0.1) is 0 Å². The normalized spacial score (nSPS) is 24.1. The van der Waals surface area contributed by atoms with Crippen LogP contribution in [0.3, 0.4) is 0 Å². The molecule has 1 aromatic carbocycles. The second-order valence-electron chi connectivity index (χ2n) is 6.11. The van der Waals surface area contributed by atoms with Gasteiger partial charge in [-0.15, -0.1) is 0 Å². The molecule has 0 unspecified atom stereocenters. The Bertz CT molecular complexity index is 571. The maximum atomic E-state index is 13.5. The van der Waals surface area contributed by atoms with Gasteiger partial charge in [0, 0.05) is 6.04 Å². The largest absolute Gasteiger partial charge is 0.452 e. The molecule has 1 fully saturated rings. The predicted molar refractivity (Wildman–Crippen MR) is 80.8 cm³/mol. The van der Waals surface area contributed by atoms with E-state index in [0.29, 0.717) is 11.8 Å². The van der Waals surface area contributed by atoms with E-state index in [1.54, 1.807) is 0 Å². The van der Waals surface area contributed by atoms with Crippen LogP contribution in [0.1, 0.15) is 43.5 Å². The quantitative estimate of drug-likeness (QED) is 0.866. The molecule has 1 aliphatic carbocycles. The van der Waals surface area contributed by atoms with E-state index in [9.17, 15) is 18.4 Å². The van der Waals surface area contributed by atoms with E-state index in [1.807, 2.05) is 0 Å². The highest BCUT2D eigenvalue weighted by Gasteiger charge is 2.28. The lowest BCUT2D eigenvalue weighted by Crippen LogP contribution is -2.45. The van der Waals surface area contributed by atoms with Crippen LogP contribution in [0.4, 0.5) is 8.78 Å². The van der Waals surface area contributed by atoms with Crippen molar-refractivity contribution in [3.63, 3.8) is 0 Å². The van der Waals surface area contributed by atoms with Crippen LogP contribution < -0.4 is 5.32 Å². The van der Waals surface area contributed by atoms with E-state index < -0.39 is 35.7 Å². The Kier molecular flexibility index (Phi) is 5.69. The minimum atomic E-state index is -1.18. The molecule has 1 saturated carbocycles. The molecular weight excluding hydrogens is 304 g/mol. The van der Waals surface area contributed by atoms with Crippen molar-refractivity contribution in [3.05, 3.63) is 35.4 Å². The van der Waals surface area contributed by atoms with Gasteiger partial charge >= 0.3 is 5.97 Å². The third-order valence-electron chi connectivity index (χ3n) is 4.55. The Hall–Kier alpha value is -1.98. The van der Waals surface area contributed by atoms with Crippen LogP contribution in [-0.2, 0) is 9.53 Å². The third kappa shape index (κ3) is 4.27. The first-order chi connectivity index (χ1) is 10.9. The van der Waals surface area contributed by atoms with Crippen LogP contribution in [0.25, 0.3) is 0 Å². The summed E-state index contributed by atoms with van der Waals surface area (Å²) in [7, 11) is 0. The standard InChI is InChI=1S/C17H21F2NO3/c1-10-5-3-8-14(11(10)2)20-15(21)9-23-17(22)16-12(18)6-4-7-13(16)19/h4,6-7,10-11,14H,3,5,8-9H2,1-2H3,(H,20,21)/t10-,11+,14+/m0/s1. The van der Waals surface area contributed by atoms with E-state index in [1.165, 1.54) is 0 Å². The first kappa shape index (κ1) is 17.4. The Balaban J connectivity index is 1.88. The summed E-state index contributed by atoms with van der Waals surface area (Å²) in [6.45, 7) is 3.67. The molecule has 0 saturated heterocycles. The smallest absolute Gasteiger partial charge is 0.344 e. The number of hydrogen-bond acceptors (Lipinski definition) is 3. The van der Waals surface area contributed by atoms with Gasteiger partial charge in [-0.25, -0.2) is 13.6 Å². The number of benzene rings is 1. The molecule has 6 heteroatoms. The molecule has 0 radical (unpaired) electrons.